The summed E-state index contributed by atoms with van der Waals surface area (Å²) in [6, 6.07) is 7.27. The van der Waals surface area contributed by atoms with Crippen LogP contribution in [0.25, 0.3) is 5.69 Å². The number of carbonyl (C=O) groups is 2. The normalized spacial score (nSPS) is 12.8. The number of thiazole rings is 1. The highest BCUT2D eigenvalue weighted by atomic mass is 32.1. The van der Waals surface area contributed by atoms with Crippen LogP contribution in [0.5, 0.6) is 5.75 Å². The maximum atomic E-state index is 13.1. The molecule has 4 rings (SSSR count). The van der Waals surface area contributed by atoms with Crippen LogP contribution >= 0.6 is 34.9 Å². The first kappa shape index (κ1) is 21.5. The van der Waals surface area contributed by atoms with Gasteiger partial charge in [0.05, 0.1) is 12.7 Å². The average molecular weight is 475 g/mol. The minimum atomic E-state index is -0.371. The molecule has 31 heavy (non-hydrogen) atoms. The van der Waals surface area contributed by atoms with Gasteiger partial charge < -0.3 is 21.1 Å². The van der Waals surface area contributed by atoms with Gasteiger partial charge >= 0.3 is 0 Å². The molecule has 2 aromatic heterocycles. The van der Waals surface area contributed by atoms with Crippen LogP contribution in [-0.4, -0.2) is 30.5 Å². The summed E-state index contributed by atoms with van der Waals surface area (Å²) < 4.78 is 7.31. The summed E-state index contributed by atoms with van der Waals surface area (Å²) in [6.07, 6.45) is 3.90. The third kappa shape index (κ3) is 3.98. The van der Waals surface area contributed by atoms with Crippen molar-refractivity contribution in [2.45, 2.75) is 25.7 Å². The van der Waals surface area contributed by atoms with Crippen LogP contribution in [-0.2, 0) is 12.8 Å². The van der Waals surface area contributed by atoms with Crippen LogP contribution in [0.2, 0.25) is 0 Å². The molecule has 0 fully saturated rings. The van der Waals surface area contributed by atoms with Crippen molar-refractivity contribution in [1.82, 2.24) is 9.88 Å². The lowest BCUT2D eigenvalue weighted by Gasteiger charge is -2.12. The maximum Gasteiger partial charge on any atom is 0.270 e. The molecule has 0 saturated heterocycles. The lowest BCUT2D eigenvalue weighted by molar-refractivity contribution is 0.0963. The first-order chi connectivity index (χ1) is 14.9. The van der Waals surface area contributed by atoms with Crippen LogP contribution in [0.3, 0.4) is 0 Å². The Morgan fingerprint density at radius 3 is 2.52 bits per heavy atom. The van der Waals surface area contributed by atoms with Crippen molar-refractivity contribution in [3.8, 4) is 11.4 Å². The fourth-order valence-corrected chi connectivity index (χ4v) is 6.25. The molecule has 0 saturated carbocycles. The molecule has 7 nitrogen and oxygen atoms in total. The number of fused-ring (bicyclic) bond motifs is 1. The quantitative estimate of drug-likeness (QED) is 0.476. The van der Waals surface area contributed by atoms with E-state index in [1.54, 1.807) is 30.9 Å². The van der Waals surface area contributed by atoms with E-state index < -0.39 is 0 Å². The second kappa shape index (κ2) is 8.81. The zero-order chi connectivity index (χ0) is 22.1. The number of aryl methyl sites for hydroxylation is 1. The van der Waals surface area contributed by atoms with Gasteiger partial charge in [0.15, 0.2) is 3.95 Å². The summed E-state index contributed by atoms with van der Waals surface area (Å²) in [5, 5.41) is 6.17. The monoisotopic (exact) mass is 474 g/mol. The lowest BCUT2D eigenvalue weighted by Crippen LogP contribution is -2.22. The lowest BCUT2D eigenvalue weighted by atomic mass is 9.95. The SMILES string of the molecule is CNC(=O)c1c(NC(=O)c2sc(=S)n(-c3ccc(OC)cc3)c2N)sc2c1CCCC2. The number of nitrogens with zero attached hydrogens (tertiary/aromatic N) is 1. The highest BCUT2D eigenvalue weighted by molar-refractivity contribution is 7.73. The Bertz CT molecular complexity index is 1210. The summed E-state index contributed by atoms with van der Waals surface area (Å²) in [5.74, 6) is 0.418. The summed E-state index contributed by atoms with van der Waals surface area (Å²) in [7, 11) is 3.19. The molecule has 1 aliphatic rings. The van der Waals surface area contributed by atoms with Gasteiger partial charge in [0.2, 0.25) is 0 Å². The molecule has 1 aromatic carbocycles. The Morgan fingerprint density at radius 1 is 1.13 bits per heavy atom. The number of aromatic nitrogens is 1. The molecule has 3 aromatic rings. The largest absolute Gasteiger partial charge is 0.497 e. The predicted octanol–water partition coefficient (Wildman–Crippen LogP) is 4.41. The zero-order valence-corrected chi connectivity index (χ0v) is 19.6. The average Bonchev–Trinajstić information content (AvgIpc) is 3.29. The second-order valence-electron chi connectivity index (χ2n) is 7.06. The molecule has 0 atom stereocenters. The number of nitrogens with two attached hydrogens (primary N) is 1. The van der Waals surface area contributed by atoms with Gasteiger partial charge in [0, 0.05) is 17.6 Å². The molecule has 162 valence electrons. The Balaban J connectivity index is 1.68. The Labute approximate surface area is 192 Å². The molecule has 0 bridgehead atoms. The fraction of sp³-hybridized carbons (Fsp3) is 0.286. The Kier molecular flexibility index (Phi) is 6.12. The first-order valence-electron chi connectivity index (χ1n) is 9.78. The van der Waals surface area contributed by atoms with E-state index in [-0.39, 0.29) is 17.6 Å². The molecule has 1 aliphatic carbocycles. The van der Waals surface area contributed by atoms with Crippen molar-refractivity contribution < 1.29 is 14.3 Å². The number of amides is 2. The van der Waals surface area contributed by atoms with Gasteiger partial charge in [0.25, 0.3) is 11.8 Å². The minimum Gasteiger partial charge on any atom is -0.497 e. The number of carbonyl (C=O) groups excluding carboxylic acids is 2. The van der Waals surface area contributed by atoms with Gasteiger partial charge in [0.1, 0.15) is 21.4 Å². The molecule has 2 heterocycles. The minimum absolute atomic E-state index is 0.189. The highest BCUT2D eigenvalue weighted by Gasteiger charge is 2.27. The van der Waals surface area contributed by atoms with E-state index in [4.69, 9.17) is 22.7 Å². The van der Waals surface area contributed by atoms with E-state index in [1.165, 1.54) is 11.3 Å². The van der Waals surface area contributed by atoms with Crippen molar-refractivity contribution in [2.24, 2.45) is 0 Å². The number of ether oxygens (including phenoxy) is 1. The highest BCUT2D eigenvalue weighted by Crippen LogP contribution is 2.39. The van der Waals surface area contributed by atoms with Crippen LogP contribution in [0.4, 0.5) is 10.8 Å². The second-order valence-corrected chi connectivity index (χ2v) is 9.81. The molecule has 0 unspecified atom stereocenters. The number of nitrogen functional groups attached to an aromatic ring is 1. The van der Waals surface area contributed by atoms with Gasteiger partial charge in [-0.25, -0.2) is 0 Å². The van der Waals surface area contributed by atoms with E-state index in [0.29, 0.717) is 25.1 Å². The van der Waals surface area contributed by atoms with Crippen molar-refractivity contribution in [3.63, 3.8) is 0 Å². The Hall–Kier alpha value is -2.69. The smallest absolute Gasteiger partial charge is 0.270 e. The van der Waals surface area contributed by atoms with Crippen molar-refractivity contribution in [2.75, 3.05) is 25.2 Å². The number of thiophene rings is 1. The molecule has 2 amide bonds. The van der Waals surface area contributed by atoms with E-state index in [9.17, 15) is 9.59 Å². The number of nitrogens with one attached hydrogen (secondary N) is 2. The molecular weight excluding hydrogens is 452 g/mol. The van der Waals surface area contributed by atoms with Gasteiger partial charge in [-0.05, 0) is 67.7 Å². The van der Waals surface area contributed by atoms with Crippen LogP contribution < -0.4 is 21.1 Å². The molecule has 4 N–H and O–H groups in total. The molecule has 0 radical (unpaired) electrons. The summed E-state index contributed by atoms with van der Waals surface area (Å²) >= 11 is 8.08. The van der Waals surface area contributed by atoms with Gasteiger partial charge in [-0.1, -0.05) is 11.3 Å². The summed E-state index contributed by atoms with van der Waals surface area (Å²) in [6.45, 7) is 0. The maximum absolute atomic E-state index is 13.1. The van der Waals surface area contributed by atoms with E-state index >= 15 is 0 Å². The van der Waals surface area contributed by atoms with Crippen molar-refractivity contribution in [3.05, 3.63) is 49.1 Å². The third-order valence-corrected chi connectivity index (χ3v) is 7.83. The molecule has 0 spiro atoms. The number of anilines is 2. The number of rotatable bonds is 5. The number of methoxy groups -OCH3 is 1. The Morgan fingerprint density at radius 2 is 1.84 bits per heavy atom. The fourth-order valence-electron chi connectivity index (χ4n) is 3.70. The van der Waals surface area contributed by atoms with Crippen LogP contribution in [0.1, 0.15) is 43.3 Å². The van der Waals surface area contributed by atoms with Gasteiger partial charge in [-0.3, -0.25) is 14.2 Å². The predicted molar refractivity (Wildman–Crippen MR) is 128 cm³/mol. The molecule has 10 heteroatoms. The number of hydrogen-bond donors (Lipinski definition) is 3. The zero-order valence-electron chi connectivity index (χ0n) is 17.1. The van der Waals surface area contributed by atoms with E-state index in [1.807, 2.05) is 12.1 Å². The molecule has 0 aliphatic heterocycles. The number of hydrogen-bond acceptors (Lipinski definition) is 7. The van der Waals surface area contributed by atoms with Crippen molar-refractivity contribution in [1.29, 1.82) is 0 Å². The van der Waals surface area contributed by atoms with Crippen LogP contribution in [0.15, 0.2) is 24.3 Å². The van der Waals surface area contributed by atoms with Gasteiger partial charge in [-0.2, -0.15) is 0 Å². The topological polar surface area (TPSA) is 98.4 Å². The third-order valence-electron chi connectivity index (χ3n) is 5.23. The summed E-state index contributed by atoms with van der Waals surface area (Å²) in [4.78, 5) is 27.1. The first-order valence-corrected chi connectivity index (χ1v) is 11.8. The summed E-state index contributed by atoms with van der Waals surface area (Å²) in [5.41, 5.74) is 8.67. The molecular formula is C21H22N4O3S3. The van der Waals surface area contributed by atoms with Crippen LogP contribution in [0, 0.1) is 3.95 Å². The number of benzene rings is 1. The van der Waals surface area contributed by atoms with E-state index in [2.05, 4.69) is 10.6 Å². The van der Waals surface area contributed by atoms with Crippen molar-refractivity contribution >= 4 is 57.5 Å². The standard InChI is InChI=1S/C21H22N4O3S3/c1-23-18(26)15-13-5-3-4-6-14(13)30-20(15)24-19(27)16-17(22)25(21(29)31-16)11-7-9-12(28-2)10-8-11/h7-10H,3-6,22H2,1-2H3,(H,23,26)(H,24,27). The van der Waals surface area contributed by atoms with Gasteiger partial charge in [-0.15, -0.1) is 11.3 Å². The van der Waals surface area contributed by atoms with E-state index in [0.717, 1.165) is 53.1 Å².